The second-order valence-electron chi connectivity index (χ2n) is 4.64. The minimum atomic E-state index is -0.261. The van der Waals surface area contributed by atoms with E-state index in [2.05, 4.69) is 58.6 Å². The van der Waals surface area contributed by atoms with Crippen molar-refractivity contribution in [2.24, 2.45) is 5.73 Å². The average molecular weight is 324 g/mol. The first-order chi connectivity index (χ1) is 8.65. The van der Waals surface area contributed by atoms with Gasteiger partial charge in [0.05, 0.1) is 0 Å². The molecule has 0 fully saturated rings. The maximum absolute atomic E-state index is 6.68. The molecule has 3 heteroatoms. The number of halogens is 1. The van der Waals surface area contributed by atoms with Crippen LogP contribution in [-0.2, 0) is 12.0 Å². The predicted octanol–water partition coefficient (Wildman–Crippen LogP) is 4.71. The second-order valence-corrected chi connectivity index (χ2v) is 6.50. The van der Waals surface area contributed by atoms with Gasteiger partial charge in [0, 0.05) is 21.3 Å². The van der Waals surface area contributed by atoms with Crippen LogP contribution in [0.5, 0.6) is 0 Å². The van der Waals surface area contributed by atoms with Crippen molar-refractivity contribution in [3.05, 3.63) is 56.7 Å². The van der Waals surface area contributed by atoms with E-state index in [-0.39, 0.29) is 5.54 Å². The summed E-state index contributed by atoms with van der Waals surface area (Å²) < 4.78 is 1.18. The van der Waals surface area contributed by atoms with Gasteiger partial charge in [-0.1, -0.05) is 43.7 Å². The van der Waals surface area contributed by atoms with Crippen LogP contribution >= 0.6 is 27.3 Å². The number of hydrogen-bond donors (Lipinski definition) is 1. The van der Waals surface area contributed by atoms with Crippen molar-refractivity contribution in [2.45, 2.75) is 31.7 Å². The Hall–Kier alpha value is -0.640. The van der Waals surface area contributed by atoms with E-state index in [1.807, 2.05) is 6.07 Å². The Bertz CT molecular complexity index is 494. The van der Waals surface area contributed by atoms with E-state index < -0.39 is 0 Å². The Morgan fingerprint density at radius 3 is 2.50 bits per heavy atom. The lowest BCUT2D eigenvalue weighted by Gasteiger charge is -2.29. The van der Waals surface area contributed by atoms with Crippen molar-refractivity contribution in [3.8, 4) is 0 Å². The van der Waals surface area contributed by atoms with E-state index in [0.29, 0.717) is 0 Å². The van der Waals surface area contributed by atoms with Gasteiger partial charge in [0.25, 0.3) is 0 Å². The van der Waals surface area contributed by atoms with E-state index in [1.165, 1.54) is 14.9 Å². The molecule has 0 radical (unpaired) electrons. The van der Waals surface area contributed by atoms with E-state index in [9.17, 15) is 0 Å². The summed E-state index contributed by atoms with van der Waals surface area (Å²) >= 11 is 5.37. The molecule has 1 aromatic carbocycles. The lowest BCUT2D eigenvalue weighted by atomic mass is 9.83. The van der Waals surface area contributed by atoms with Gasteiger partial charge in [-0.25, -0.2) is 0 Å². The van der Waals surface area contributed by atoms with E-state index in [0.717, 1.165) is 19.3 Å². The molecule has 2 aromatic rings. The smallest absolute Gasteiger partial charge is 0.0458 e. The van der Waals surface area contributed by atoms with Crippen LogP contribution in [-0.4, -0.2) is 0 Å². The molecular weight excluding hydrogens is 306 g/mol. The van der Waals surface area contributed by atoms with Crippen LogP contribution in [0, 0.1) is 0 Å². The Balaban J connectivity index is 2.30. The molecule has 0 saturated carbocycles. The lowest BCUT2D eigenvalue weighted by molar-refractivity contribution is 0.403. The molecule has 0 aliphatic carbocycles. The van der Waals surface area contributed by atoms with Crippen LogP contribution in [0.3, 0.4) is 0 Å². The highest BCUT2D eigenvalue weighted by Gasteiger charge is 2.27. The van der Waals surface area contributed by atoms with Gasteiger partial charge in [-0.15, -0.1) is 11.3 Å². The van der Waals surface area contributed by atoms with E-state index in [1.54, 1.807) is 11.3 Å². The number of rotatable bonds is 5. The minimum absolute atomic E-state index is 0.261. The van der Waals surface area contributed by atoms with Gasteiger partial charge in [0.15, 0.2) is 0 Å². The molecule has 2 N–H and O–H groups in total. The van der Waals surface area contributed by atoms with Gasteiger partial charge in [-0.05, 0) is 39.4 Å². The fourth-order valence-corrected chi connectivity index (χ4v) is 3.91. The van der Waals surface area contributed by atoms with Crippen LogP contribution in [0.2, 0.25) is 0 Å². The third-order valence-electron chi connectivity index (χ3n) is 3.21. The maximum Gasteiger partial charge on any atom is 0.0458 e. The van der Waals surface area contributed by atoms with Crippen molar-refractivity contribution in [1.29, 1.82) is 0 Å². The molecular formula is C15H18BrNS. The molecule has 1 heterocycles. The Kier molecular flexibility index (Phi) is 4.60. The zero-order valence-corrected chi connectivity index (χ0v) is 12.9. The zero-order chi connectivity index (χ0) is 13.0. The molecule has 0 spiro atoms. The van der Waals surface area contributed by atoms with Gasteiger partial charge >= 0.3 is 0 Å². The number of benzene rings is 1. The standard InChI is InChI=1S/C15H18BrNS/c1-2-9-15(17,12-6-4-3-5-7-12)11-14-13(16)8-10-18-14/h3-8,10H,2,9,11,17H2,1H3. The van der Waals surface area contributed by atoms with Crippen LogP contribution in [0.1, 0.15) is 30.2 Å². The van der Waals surface area contributed by atoms with E-state index >= 15 is 0 Å². The molecule has 2 rings (SSSR count). The molecule has 1 aromatic heterocycles. The molecule has 96 valence electrons. The summed E-state index contributed by atoms with van der Waals surface area (Å²) in [5, 5.41) is 2.11. The van der Waals surface area contributed by atoms with Crippen molar-refractivity contribution < 1.29 is 0 Å². The maximum atomic E-state index is 6.68. The summed E-state index contributed by atoms with van der Waals surface area (Å²) in [5.41, 5.74) is 7.64. The molecule has 18 heavy (non-hydrogen) atoms. The summed E-state index contributed by atoms with van der Waals surface area (Å²) in [6.07, 6.45) is 2.98. The third-order valence-corrected chi connectivity index (χ3v) is 5.14. The fraction of sp³-hybridized carbons (Fsp3) is 0.333. The molecule has 1 nitrogen and oxygen atoms in total. The van der Waals surface area contributed by atoms with Crippen molar-refractivity contribution >= 4 is 27.3 Å². The molecule has 1 atom stereocenters. The first kappa shape index (κ1) is 13.8. The Morgan fingerprint density at radius 1 is 1.22 bits per heavy atom. The highest BCUT2D eigenvalue weighted by atomic mass is 79.9. The van der Waals surface area contributed by atoms with Gasteiger partial charge in [-0.3, -0.25) is 0 Å². The minimum Gasteiger partial charge on any atom is -0.321 e. The van der Waals surface area contributed by atoms with Crippen LogP contribution in [0.25, 0.3) is 0 Å². The van der Waals surface area contributed by atoms with Gasteiger partial charge in [0.1, 0.15) is 0 Å². The summed E-state index contributed by atoms with van der Waals surface area (Å²) in [6.45, 7) is 2.19. The lowest BCUT2D eigenvalue weighted by Crippen LogP contribution is -2.38. The summed E-state index contributed by atoms with van der Waals surface area (Å²) in [4.78, 5) is 1.33. The van der Waals surface area contributed by atoms with Crippen molar-refractivity contribution in [2.75, 3.05) is 0 Å². The molecule has 0 bridgehead atoms. The van der Waals surface area contributed by atoms with E-state index in [4.69, 9.17) is 5.73 Å². The summed E-state index contributed by atoms with van der Waals surface area (Å²) in [5.74, 6) is 0. The Labute approximate surface area is 121 Å². The summed E-state index contributed by atoms with van der Waals surface area (Å²) in [6, 6.07) is 12.5. The monoisotopic (exact) mass is 323 g/mol. The second kappa shape index (κ2) is 6.00. The highest BCUT2D eigenvalue weighted by Crippen LogP contribution is 2.33. The zero-order valence-electron chi connectivity index (χ0n) is 10.5. The number of nitrogens with two attached hydrogens (primary N) is 1. The normalized spacial score (nSPS) is 14.4. The van der Waals surface area contributed by atoms with Crippen molar-refractivity contribution in [1.82, 2.24) is 0 Å². The number of hydrogen-bond acceptors (Lipinski definition) is 2. The van der Waals surface area contributed by atoms with Gasteiger partial charge in [0.2, 0.25) is 0 Å². The van der Waals surface area contributed by atoms with Crippen molar-refractivity contribution in [3.63, 3.8) is 0 Å². The van der Waals surface area contributed by atoms with Crippen LogP contribution < -0.4 is 5.73 Å². The molecule has 1 unspecified atom stereocenters. The molecule has 0 saturated heterocycles. The van der Waals surface area contributed by atoms with Crippen LogP contribution in [0.15, 0.2) is 46.3 Å². The average Bonchev–Trinajstić information content (AvgIpc) is 2.76. The SMILES string of the molecule is CCCC(N)(Cc1sccc1Br)c1ccccc1. The third kappa shape index (κ3) is 3.02. The predicted molar refractivity (Wildman–Crippen MR) is 82.9 cm³/mol. The molecule has 0 amide bonds. The number of thiophene rings is 1. The molecule has 0 aliphatic rings. The Morgan fingerprint density at radius 2 is 1.94 bits per heavy atom. The first-order valence-corrected chi connectivity index (χ1v) is 7.89. The first-order valence-electron chi connectivity index (χ1n) is 6.22. The summed E-state index contributed by atoms with van der Waals surface area (Å²) in [7, 11) is 0. The van der Waals surface area contributed by atoms with Crippen LogP contribution in [0.4, 0.5) is 0 Å². The van der Waals surface area contributed by atoms with Gasteiger partial charge < -0.3 is 5.73 Å². The van der Waals surface area contributed by atoms with Gasteiger partial charge in [-0.2, -0.15) is 0 Å². The largest absolute Gasteiger partial charge is 0.321 e. The quantitative estimate of drug-likeness (QED) is 0.847. The topological polar surface area (TPSA) is 26.0 Å². The highest BCUT2D eigenvalue weighted by molar-refractivity contribution is 9.10. The fourth-order valence-electron chi connectivity index (χ4n) is 2.29. The molecule has 0 aliphatic heterocycles.